The maximum atomic E-state index is 4.24. The molecule has 0 aromatic carbocycles. The Morgan fingerprint density at radius 2 is 1.00 bits per heavy atom. The molecule has 0 heterocycles. The van der Waals surface area contributed by atoms with Crippen LogP contribution in [0.25, 0.3) is 0 Å². The summed E-state index contributed by atoms with van der Waals surface area (Å²) < 4.78 is 8.48. The van der Waals surface area contributed by atoms with E-state index >= 15 is 0 Å². The molecule has 26 valence electrons. The van der Waals surface area contributed by atoms with E-state index in [-0.39, 0.29) is 291 Å². The molecule has 0 saturated heterocycles. The maximum absolute atomic E-state index is 4.24. The van der Waals surface area contributed by atoms with E-state index in [9.17, 15) is 0 Å². The Bertz CT molecular complexity index is 25.1. The zero-order valence-corrected chi connectivity index (χ0v) is 34.4. The van der Waals surface area contributed by atoms with E-state index in [4.69, 9.17) is 0 Å². The third-order valence-electron chi connectivity index (χ3n) is 0.111. The summed E-state index contributed by atoms with van der Waals surface area (Å²) >= 11 is 4.01. The van der Waals surface area contributed by atoms with Gasteiger partial charge in [0.25, 0.3) is 0 Å². The first kappa shape index (κ1) is 36.9. The molecule has 0 aliphatic heterocycles. The molecular formula is Al2BO2Rb5. The summed E-state index contributed by atoms with van der Waals surface area (Å²) in [5, 5.41) is 0. The maximum Gasteiger partial charge on any atom is 1.00 e. The molecule has 0 unspecified atom stereocenters. The summed E-state index contributed by atoms with van der Waals surface area (Å²) in [6.45, 7) is 0. The quantitative estimate of drug-likeness (QED) is 0.336. The van der Waals surface area contributed by atoms with Gasteiger partial charge in [-0.1, -0.05) is 7.69 Å². The molecule has 0 aromatic heterocycles. The Morgan fingerprint density at radius 1 is 0.800 bits per heavy atom. The van der Waals surface area contributed by atoms with E-state index in [1.807, 2.05) is 33.2 Å². The van der Waals surface area contributed by atoms with Gasteiger partial charge in [-0.05, 0) is 0 Å². The van der Waals surface area contributed by atoms with E-state index in [1.54, 1.807) is 0 Å². The van der Waals surface area contributed by atoms with Crippen LogP contribution in [0, 0.1) is 0 Å². The molecule has 10 heavy (non-hydrogen) atoms. The molecule has 0 aromatic rings. The number of hydrogen-bond acceptors (Lipinski definition) is 2. The van der Waals surface area contributed by atoms with Crippen LogP contribution < -0.4 is 58.2 Å². The first-order valence-electron chi connectivity index (χ1n) is 0.943. The minimum absolute atomic E-state index is 0. The number of rotatable bonds is 2. The van der Waals surface area contributed by atoms with Crippen molar-refractivity contribution >= 4 is 274 Å². The molecule has 0 fully saturated rings. The third kappa shape index (κ3) is 36.1. The summed E-state index contributed by atoms with van der Waals surface area (Å²) in [6.07, 6.45) is 0. The average Bonchev–Trinajstić information content (AvgIpc) is 1.41. The van der Waals surface area contributed by atoms with E-state index in [0.717, 1.165) is 0 Å². The van der Waals surface area contributed by atoms with Gasteiger partial charge in [-0.15, -0.1) is 0 Å². The fourth-order valence-electron chi connectivity index (χ4n) is 0.0321. The zero-order valence-electron chi connectivity index (χ0n) is 7.55. The Labute approximate surface area is 325 Å². The Morgan fingerprint density at radius 3 is 1.00 bits per heavy atom. The topological polar surface area (TPSA) is 18.5 Å². The summed E-state index contributed by atoms with van der Waals surface area (Å²) in [5.41, 5.74) is 0. The molecular weight excluding hydrogens is 524 g/mol. The molecule has 0 amide bonds. The standard InChI is InChI=1S/2Al.BO2.5Rb/c;;2-1-3;;;;;/q2*+1;-3;;;;;+1. The molecule has 2 nitrogen and oxygen atoms in total. The van der Waals surface area contributed by atoms with Crippen LogP contribution in [0.2, 0.25) is 0 Å². The molecule has 0 spiro atoms. The van der Waals surface area contributed by atoms with Crippen molar-refractivity contribution in [2.24, 2.45) is 0 Å². The number of hydrogen-bond donors (Lipinski definition) is 0. The average molecular weight is 524 g/mol. The second-order valence-electron chi connectivity index (χ2n) is 0.368. The van der Waals surface area contributed by atoms with Gasteiger partial charge >= 0.3 is 91.4 Å². The minimum atomic E-state index is 0. The van der Waals surface area contributed by atoms with Gasteiger partial charge in [0.05, 0.1) is 0 Å². The van der Waals surface area contributed by atoms with E-state index in [1.165, 1.54) is 7.69 Å². The zero-order chi connectivity index (χ0) is 4.12. The first-order valence-corrected chi connectivity index (χ1v) is 1.89. The Balaban J connectivity index is -0.00000000800. The molecule has 0 aliphatic carbocycles. The molecule has 0 bridgehead atoms. The van der Waals surface area contributed by atoms with Crippen molar-refractivity contribution in [1.82, 2.24) is 0 Å². The second kappa shape index (κ2) is 36.5. The van der Waals surface area contributed by atoms with Gasteiger partial charge in [-0.25, -0.2) is 0 Å². The monoisotopic (exact) mass is 522 g/mol. The Kier molecular flexibility index (Phi) is 134. The fraction of sp³-hybridized carbons (Fsp3) is 0. The van der Waals surface area contributed by atoms with Crippen molar-refractivity contribution in [2.75, 3.05) is 0 Å². The van der Waals surface area contributed by atoms with Gasteiger partial charge < -0.3 is 7.41 Å². The summed E-state index contributed by atoms with van der Waals surface area (Å²) in [7, 11) is 1.18. The van der Waals surface area contributed by atoms with Crippen LogP contribution in [0.5, 0.6) is 0 Å². The molecule has 0 saturated carbocycles. The van der Waals surface area contributed by atoms with Crippen LogP contribution in [-0.2, 0) is 7.41 Å². The smallest absolute Gasteiger partial charge is 0.765 e. The van der Waals surface area contributed by atoms with Gasteiger partial charge in [0, 0.05) is 233 Å². The summed E-state index contributed by atoms with van der Waals surface area (Å²) in [5.74, 6) is 0. The van der Waals surface area contributed by atoms with Crippen LogP contribution in [0.15, 0.2) is 0 Å². The fourth-order valence-corrected chi connectivity index (χ4v) is 0.289. The van der Waals surface area contributed by atoms with Gasteiger partial charge in [-0.3, -0.25) is 0 Å². The predicted molar refractivity (Wildman–Crippen MR) is 42.4 cm³/mol. The SMILES string of the molecule is [Al][O][B-][O][Al].[Rb+].[Rb].[Rb].[Rb].[Rb]. The van der Waals surface area contributed by atoms with E-state index in [0.29, 0.717) is 0 Å². The van der Waals surface area contributed by atoms with Crippen molar-refractivity contribution in [1.29, 1.82) is 0 Å². The summed E-state index contributed by atoms with van der Waals surface area (Å²) in [6, 6.07) is 0. The van der Waals surface area contributed by atoms with Crippen molar-refractivity contribution in [3.63, 3.8) is 0 Å². The second-order valence-corrected chi connectivity index (χ2v) is 0.913. The van der Waals surface area contributed by atoms with Crippen molar-refractivity contribution in [2.45, 2.75) is 0 Å². The molecule has 0 N–H and O–H groups in total. The molecule has 0 rings (SSSR count). The van der Waals surface area contributed by atoms with E-state index in [2.05, 4.69) is 7.41 Å². The van der Waals surface area contributed by atoms with E-state index < -0.39 is 0 Å². The van der Waals surface area contributed by atoms with Crippen LogP contribution in [0.3, 0.4) is 0 Å². The van der Waals surface area contributed by atoms with Crippen LogP contribution in [0.4, 0.5) is 0 Å². The molecule has 0 aliphatic rings. The molecule has 0 atom stereocenters. The summed E-state index contributed by atoms with van der Waals surface area (Å²) in [4.78, 5) is 0. The van der Waals surface area contributed by atoms with Crippen molar-refractivity contribution in [3.8, 4) is 0 Å². The normalized spacial score (nSPS) is 4.00. The predicted octanol–water partition coefficient (Wildman–Crippen LogP) is -5.80. The van der Waals surface area contributed by atoms with Crippen molar-refractivity contribution < 1.29 is 65.6 Å². The van der Waals surface area contributed by atoms with Gasteiger partial charge in [-0.2, -0.15) is 0 Å². The first-order chi connectivity index (χ1) is 2.41. The third-order valence-corrected chi connectivity index (χ3v) is 0.333. The van der Waals surface area contributed by atoms with Gasteiger partial charge in [0.1, 0.15) is 0 Å². The molecule has 10 heteroatoms. The minimum Gasteiger partial charge on any atom is -0.765 e. The van der Waals surface area contributed by atoms with Crippen LogP contribution in [0.1, 0.15) is 0 Å². The largest absolute Gasteiger partial charge is 1.00 e. The Hall–Kier alpha value is 10.1. The van der Waals surface area contributed by atoms with Crippen molar-refractivity contribution in [3.05, 3.63) is 0 Å². The molecule has 10 radical (unpaired) electrons. The van der Waals surface area contributed by atoms with Gasteiger partial charge in [0.15, 0.2) is 0 Å². The van der Waals surface area contributed by atoms with Crippen LogP contribution in [-0.4, -0.2) is 274 Å². The van der Waals surface area contributed by atoms with Gasteiger partial charge in [0.2, 0.25) is 0 Å². The van der Waals surface area contributed by atoms with Crippen LogP contribution >= 0.6 is 0 Å².